The molecule has 0 aromatic heterocycles. The maximum Gasteiger partial charge on any atom is 0.0617 e. The van der Waals surface area contributed by atoms with Gasteiger partial charge in [0.25, 0.3) is 0 Å². The summed E-state index contributed by atoms with van der Waals surface area (Å²) < 4.78 is 0. The summed E-state index contributed by atoms with van der Waals surface area (Å²) in [6, 6.07) is 30.4. The molecule has 0 spiro atoms. The summed E-state index contributed by atoms with van der Waals surface area (Å²) in [6.45, 7) is 9.78. The molecule has 0 saturated heterocycles. The summed E-state index contributed by atoms with van der Waals surface area (Å²) >= 11 is 0. The zero-order valence-electron chi connectivity index (χ0n) is 17.3. The number of hydrogen-bond acceptors (Lipinski definition) is 0. The summed E-state index contributed by atoms with van der Waals surface area (Å²) in [4.78, 5) is 0. The van der Waals surface area contributed by atoms with Gasteiger partial charge in [-0.3, -0.25) is 0 Å². The van der Waals surface area contributed by atoms with Crippen molar-refractivity contribution >= 4 is 16.1 Å². The van der Waals surface area contributed by atoms with Gasteiger partial charge in [0.05, 0.1) is 16.1 Å². The van der Waals surface area contributed by atoms with Gasteiger partial charge in [0.2, 0.25) is 0 Å². The maximum absolute atomic E-state index is 2.58. The van der Waals surface area contributed by atoms with E-state index in [0.717, 1.165) is 0 Å². The average molecular weight is 381 g/mol. The van der Waals surface area contributed by atoms with Gasteiger partial charge < -0.3 is 0 Å². The Kier molecular flexibility index (Phi) is 6.24. The number of rotatable bonds is 4. The first-order chi connectivity index (χ1) is 12.6. The fourth-order valence-corrected chi connectivity index (χ4v) is 12.6. The molecular formula is C24H36Si2. The van der Waals surface area contributed by atoms with Crippen LogP contribution in [0.15, 0.2) is 48.5 Å². The molecule has 1 aliphatic heterocycles. The van der Waals surface area contributed by atoms with Crippen molar-refractivity contribution in [3.05, 3.63) is 70.8 Å². The number of hydrogen-bond donors (Lipinski definition) is 0. The summed E-state index contributed by atoms with van der Waals surface area (Å²) in [6.07, 6.45) is 0. The molecule has 140 valence electrons. The van der Waals surface area contributed by atoms with E-state index in [4.69, 9.17) is 0 Å². The first-order valence-corrected chi connectivity index (χ1v) is 16.4. The highest BCUT2D eigenvalue weighted by atomic mass is 28.3. The molecule has 0 N–H and O–H groups in total. The zero-order chi connectivity index (χ0) is 18.6. The molecule has 3 rings (SSSR count). The van der Waals surface area contributed by atoms with Crippen LogP contribution in [0, 0.1) is 0 Å². The van der Waals surface area contributed by atoms with Gasteiger partial charge in [-0.25, -0.2) is 0 Å². The molecule has 26 heavy (non-hydrogen) atoms. The van der Waals surface area contributed by atoms with E-state index in [1.165, 1.54) is 48.4 Å². The van der Waals surface area contributed by atoms with Gasteiger partial charge in [-0.1, -0.05) is 123 Å². The highest BCUT2D eigenvalue weighted by Crippen LogP contribution is 2.30. The molecule has 2 heteroatoms. The summed E-state index contributed by atoms with van der Waals surface area (Å²) in [5.74, 6) is 0. The van der Waals surface area contributed by atoms with Crippen LogP contribution in [-0.2, 0) is 24.2 Å². The molecule has 0 radical (unpaired) electrons. The first-order valence-electron chi connectivity index (χ1n) is 10.7. The van der Waals surface area contributed by atoms with Crippen LogP contribution in [0.1, 0.15) is 49.9 Å². The van der Waals surface area contributed by atoms with Crippen molar-refractivity contribution in [1.82, 2.24) is 0 Å². The monoisotopic (exact) mass is 380 g/mol. The lowest BCUT2D eigenvalue weighted by molar-refractivity contribution is 1.05. The maximum atomic E-state index is 2.58. The lowest BCUT2D eigenvalue weighted by atomic mass is 10.1. The fourth-order valence-electron chi connectivity index (χ4n) is 5.06. The Hall–Kier alpha value is -1.13. The van der Waals surface area contributed by atoms with Gasteiger partial charge in [0.1, 0.15) is 0 Å². The second-order valence-electron chi connectivity index (χ2n) is 8.76. The van der Waals surface area contributed by atoms with Gasteiger partial charge in [-0.15, -0.1) is 0 Å². The van der Waals surface area contributed by atoms with Crippen LogP contribution in [0.4, 0.5) is 0 Å². The normalized spacial score (nSPS) is 18.6. The Morgan fingerprint density at radius 2 is 0.808 bits per heavy atom. The Balaban J connectivity index is 2.10. The van der Waals surface area contributed by atoms with Crippen LogP contribution in [0.2, 0.25) is 24.2 Å². The third-order valence-corrected chi connectivity index (χ3v) is 17.9. The second kappa shape index (κ2) is 8.27. The molecule has 2 aromatic carbocycles. The van der Waals surface area contributed by atoms with Crippen LogP contribution >= 0.6 is 0 Å². The predicted octanol–water partition coefficient (Wildman–Crippen LogP) is 6.70. The van der Waals surface area contributed by atoms with Gasteiger partial charge >= 0.3 is 0 Å². The van der Waals surface area contributed by atoms with Crippen LogP contribution in [-0.4, -0.2) is 16.1 Å². The molecule has 1 aliphatic rings. The van der Waals surface area contributed by atoms with E-state index >= 15 is 0 Å². The van der Waals surface area contributed by atoms with E-state index in [1.54, 1.807) is 22.3 Å². The van der Waals surface area contributed by atoms with Crippen molar-refractivity contribution in [2.75, 3.05) is 0 Å². The zero-order valence-corrected chi connectivity index (χ0v) is 19.3. The van der Waals surface area contributed by atoms with Gasteiger partial charge in [0, 0.05) is 0 Å². The minimum Gasteiger partial charge on any atom is -0.0677 e. The average Bonchev–Trinajstić information content (AvgIpc) is 2.67. The smallest absolute Gasteiger partial charge is 0.0617 e. The highest BCUT2D eigenvalue weighted by molar-refractivity contribution is 6.79. The van der Waals surface area contributed by atoms with Crippen molar-refractivity contribution < 1.29 is 0 Å². The van der Waals surface area contributed by atoms with Crippen molar-refractivity contribution in [2.24, 2.45) is 0 Å². The van der Waals surface area contributed by atoms with Crippen LogP contribution < -0.4 is 0 Å². The Labute approximate surface area is 163 Å². The summed E-state index contributed by atoms with van der Waals surface area (Å²) in [7, 11) is -2.60. The third-order valence-electron chi connectivity index (χ3n) is 7.30. The minimum atomic E-state index is -1.30. The van der Waals surface area contributed by atoms with E-state index in [9.17, 15) is 0 Å². The van der Waals surface area contributed by atoms with E-state index < -0.39 is 16.1 Å². The quantitative estimate of drug-likeness (QED) is 0.517. The minimum absolute atomic E-state index is 1.30. The Morgan fingerprint density at radius 1 is 0.538 bits per heavy atom. The molecule has 0 atom stereocenters. The van der Waals surface area contributed by atoms with Crippen molar-refractivity contribution in [1.29, 1.82) is 0 Å². The van der Waals surface area contributed by atoms with E-state index in [2.05, 4.69) is 76.2 Å². The lowest BCUT2D eigenvalue weighted by Crippen LogP contribution is -2.41. The van der Waals surface area contributed by atoms with Gasteiger partial charge in [0.15, 0.2) is 0 Å². The largest absolute Gasteiger partial charge is 0.0677 e. The molecule has 0 aliphatic carbocycles. The van der Waals surface area contributed by atoms with Crippen molar-refractivity contribution in [2.45, 2.75) is 76.0 Å². The summed E-state index contributed by atoms with van der Waals surface area (Å²) in [5, 5.41) is 0. The molecular weight excluding hydrogens is 344 g/mol. The fraction of sp³-hybridized carbons (Fsp3) is 0.500. The molecule has 0 unspecified atom stereocenters. The van der Waals surface area contributed by atoms with Gasteiger partial charge in [-0.2, -0.15) is 0 Å². The molecule has 0 fully saturated rings. The molecule has 0 amide bonds. The van der Waals surface area contributed by atoms with Crippen LogP contribution in [0.3, 0.4) is 0 Å². The SMILES string of the molecule is CC[Si]1(CC)Cc2cccc(c2)C[Si](CC)(CC)Cc2cccc(c2)C1. The number of benzene rings is 2. The lowest BCUT2D eigenvalue weighted by Gasteiger charge is -2.33. The Morgan fingerprint density at radius 3 is 1.04 bits per heavy atom. The topological polar surface area (TPSA) is 0 Å². The molecule has 4 bridgehead atoms. The van der Waals surface area contributed by atoms with E-state index in [0.29, 0.717) is 0 Å². The number of fused-ring (bicyclic) bond motifs is 4. The van der Waals surface area contributed by atoms with Crippen LogP contribution in [0.5, 0.6) is 0 Å². The molecule has 1 heterocycles. The Bertz CT molecular complexity index is 616. The molecule has 2 aromatic rings. The molecule has 0 nitrogen and oxygen atoms in total. The van der Waals surface area contributed by atoms with Crippen molar-refractivity contribution in [3.8, 4) is 0 Å². The van der Waals surface area contributed by atoms with Crippen molar-refractivity contribution in [3.63, 3.8) is 0 Å². The predicted molar refractivity (Wildman–Crippen MR) is 121 cm³/mol. The first kappa shape index (κ1) is 19.6. The van der Waals surface area contributed by atoms with E-state index in [1.807, 2.05) is 0 Å². The van der Waals surface area contributed by atoms with Crippen LogP contribution in [0.25, 0.3) is 0 Å². The second-order valence-corrected chi connectivity index (χ2v) is 19.0. The molecule has 0 saturated carbocycles. The van der Waals surface area contributed by atoms with Gasteiger partial charge in [-0.05, 0) is 24.2 Å². The summed E-state index contributed by atoms with van der Waals surface area (Å²) in [5.41, 5.74) is 6.46. The van der Waals surface area contributed by atoms with E-state index in [-0.39, 0.29) is 0 Å². The third kappa shape index (κ3) is 4.23. The standard InChI is InChI=1S/C24H36Si2/c1-5-25(6-2)17-21-11-9-13-23(15-21)19-26(7-3,8-4)20-24-14-10-12-22(16-24)18-25/h9-16H,5-8,17-20H2,1-4H3. The highest BCUT2D eigenvalue weighted by Gasteiger charge is 2.33.